The van der Waals surface area contributed by atoms with Crippen LogP contribution in [0.4, 0.5) is 0 Å². The van der Waals surface area contributed by atoms with Gasteiger partial charge in [0, 0.05) is 13.1 Å². The highest BCUT2D eigenvalue weighted by molar-refractivity contribution is 5.89. The molecule has 1 aromatic carbocycles. The summed E-state index contributed by atoms with van der Waals surface area (Å²) in [6.45, 7) is 4.08. The van der Waals surface area contributed by atoms with E-state index in [9.17, 15) is 19.5 Å². The number of piperidine rings is 1. The maximum atomic E-state index is 12.6. The van der Waals surface area contributed by atoms with Gasteiger partial charge in [0.2, 0.25) is 5.91 Å². The third-order valence-electron chi connectivity index (χ3n) is 4.95. The fourth-order valence-corrected chi connectivity index (χ4v) is 3.53. The predicted molar refractivity (Wildman–Crippen MR) is 94.3 cm³/mol. The van der Waals surface area contributed by atoms with E-state index in [0.29, 0.717) is 30.3 Å². The van der Waals surface area contributed by atoms with E-state index in [2.05, 4.69) is 0 Å². The Morgan fingerprint density at radius 2 is 2.04 bits per heavy atom. The van der Waals surface area contributed by atoms with E-state index in [4.69, 9.17) is 9.52 Å². The second-order valence-electron chi connectivity index (χ2n) is 6.84. The molecule has 0 aliphatic carbocycles. The number of carbonyl (C=O) groups excluding carboxylic acids is 1. The third-order valence-corrected chi connectivity index (χ3v) is 4.95. The number of benzene rings is 1. The van der Waals surface area contributed by atoms with Gasteiger partial charge in [0.15, 0.2) is 0 Å². The monoisotopic (exact) mass is 359 g/mol. The quantitative estimate of drug-likeness (QED) is 0.811. The molecule has 1 unspecified atom stereocenters. The van der Waals surface area contributed by atoms with Crippen LogP contribution in [0.25, 0.3) is 11.0 Å². The smallest absolute Gasteiger partial charge is 0.340 e. The highest BCUT2D eigenvalue weighted by atomic mass is 16.4. The number of hydrogen-bond donors (Lipinski definition) is 2. The van der Waals surface area contributed by atoms with Crippen molar-refractivity contribution in [1.82, 2.24) is 4.90 Å². The lowest BCUT2D eigenvalue weighted by molar-refractivity contribution is -0.145. The summed E-state index contributed by atoms with van der Waals surface area (Å²) in [6, 6.07) is 3.24. The largest absolute Gasteiger partial charge is 0.507 e. The Bertz CT molecular complexity index is 945. The molecule has 0 bridgehead atoms. The number of amides is 1. The van der Waals surface area contributed by atoms with E-state index < -0.39 is 17.5 Å². The summed E-state index contributed by atoms with van der Waals surface area (Å²) in [5.74, 6) is -1.80. The van der Waals surface area contributed by atoms with Gasteiger partial charge in [0.25, 0.3) is 0 Å². The number of rotatable bonds is 3. The van der Waals surface area contributed by atoms with Crippen molar-refractivity contribution in [2.75, 3.05) is 13.1 Å². The number of aryl methyl sites for hydroxylation is 2. The zero-order valence-corrected chi connectivity index (χ0v) is 14.7. The van der Waals surface area contributed by atoms with E-state index in [1.807, 2.05) is 0 Å². The van der Waals surface area contributed by atoms with E-state index in [0.717, 1.165) is 5.56 Å². The molecular weight excluding hydrogens is 338 g/mol. The number of phenols is 1. The summed E-state index contributed by atoms with van der Waals surface area (Å²) >= 11 is 0. The number of fused-ring (bicyclic) bond motifs is 1. The van der Waals surface area contributed by atoms with Crippen molar-refractivity contribution in [2.24, 2.45) is 5.92 Å². The summed E-state index contributed by atoms with van der Waals surface area (Å²) in [4.78, 5) is 37.6. The van der Waals surface area contributed by atoms with Crippen molar-refractivity contribution in [1.29, 1.82) is 0 Å². The second kappa shape index (κ2) is 6.82. The molecule has 1 atom stereocenters. The SMILES string of the molecule is Cc1cc(O)c2c(C)c(CC(=O)N3CCCC(C(=O)O)C3)c(=O)oc2c1. The summed E-state index contributed by atoms with van der Waals surface area (Å²) in [5.41, 5.74) is 1.13. The normalized spacial score (nSPS) is 17.5. The van der Waals surface area contributed by atoms with Crippen LogP contribution < -0.4 is 5.63 Å². The Labute approximate surface area is 149 Å². The van der Waals surface area contributed by atoms with E-state index in [1.54, 1.807) is 26.0 Å². The highest BCUT2D eigenvalue weighted by Crippen LogP contribution is 2.30. The molecule has 0 radical (unpaired) electrons. The van der Waals surface area contributed by atoms with Crippen LogP contribution in [0.5, 0.6) is 5.75 Å². The molecule has 3 rings (SSSR count). The van der Waals surface area contributed by atoms with Crippen molar-refractivity contribution in [3.05, 3.63) is 39.2 Å². The molecule has 2 aromatic rings. The van der Waals surface area contributed by atoms with Crippen LogP contribution in [0.15, 0.2) is 21.3 Å². The molecule has 138 valence electrons. The minimum Gasteiger partial charge on any atom is -0.507 e. The minimum atomic E-state index is -0.913. The fourth-order valence-electron chi connectivity index (χ4n) is 3.53. The maximum absolute atomic E-state index is 12.6. The van der Waals surface area contributed by atoms with Crippen molar-refractivity contribution in [3.8, 4) is 5.75 Å². The average molecular weight is 359 g/mol. The van der Waals surface area contributed by atoms with Gasteiger partial charge < -0.3 is 19.5 Å². The van der Waals surface area contributed by atoms with E-state index >= 15 is 0 Å². The average Bonchev–Trinajstić information content (AvgIpc) is 2.57. The van der Waals surface area contributed by atoms with Crippen LogP contribution in [0.2, 0.25) is 0 Å². The Balaban J connectivity index is 1.92. The van der Waals surface area contributed by atoms with Gasteiger partial charge in [-0.1, -0.05) is 0 Å². The maximum Gasteiger partial charge on any atom is 0.340 e. The summed E-state index contributed by atoms with van der Waals surface area (Å²) in [7, 11) is 0. The first-order valence-corrected chi connectivity index (χ1v) is 8.54. The molecule has 1 aliphatic rings. The Morgan fingerprint density at radius 3 is 2.73 bits per heavy atom. The standard InChI is InChI=1S/C19H21NO6/c1-10-6-14(21)17-11(2)13(19(25)26-15(17)7-10)8-16(22)20-5-3-4-12(9-20)18(23)24/h6-7,12,21H,3-5,8-9H2,1-2H3,(H,23,24). The topological polar surface area (TPSA) is 108 Å². The minimum absolute atomic E-state index is 0.00105. The van der Waals surface area contributed by atoms with Gasteiger partial charge in [0.1, 0.15) is 11.3 Å². The van der Waals surface area contributed by atoms with Gasteiger partial charge in [0.05, 0.1) is 23.3 Å². The number of aromatic hydroxyl groups is 1. The van der Waals surface area contributed by atoms with Crippen LogP contribution in [0.3, 0.4) is 0 Å². The van der Waals surface area contributed by atoms with Crippen LogP contribution >= 0.6 is 0 Å². The van der Waals surface area contributed by atoms with Crippen LogP contribution in [-0.4, -0.2) is 40.1 Å². The number of carbonyl (C=O) groups is 2. The van der Waals surface area contributed by atoms with Crippen molar-refractivity contribution in [3.63, 3.8) is 0 Å². The molecule has 1 aliphatic heterocycles. The van der Waals surface area contributed by atoms with Gasteiger partial charge >= 0.3 is 11.6 Å². The number of nitrogens with zero attached hydrogens (tertiary/aromatic N) is 1. The lowest BCUT2D eigenvalue weighted by atomic mass is 9.97. The zero-order valence-electron chi connectivity index (χ0n) is 14.7. The molecule has 1 fully saturated rings. The van der Waals surface area contributed by atoms with Crippen molar-refractivity contribution in [2.45, 2.75) is 33.1 Å². The van der Waals surface area contributed by atoms with Crippen molar-refractivity contribution < 1.29 is 24.2 Å². The van der Waals surface area contributed by atoms with Gasteiger partial charge in [-0.2, -0.15) is 0 Å². The molecule has 1 saturated heterocycles. The molecule has 0 saturated carbocycles. The molecule has 7 nitrogen and oxygen atoms in total. The van der Waals surface area contributed by atoms with Crippen LogP contribution in [0.1, 0.15) is 29.5 Å². The molecule has 26 heavy (non-hydrogen) atoms. The number of hydrogen-bond acceptors (Lipinski definition) is 5. The van der Waals surface area contributed by atoms with E-state index in [1.165, 1.54) is 4.90 Å². The lowest BCUT2D eigenvalue weighted by Crippen LogP contribution is -2.43. The number of likely N-dealkylation sites (tertiary alicyclic amines) is 1. The first kappa shape index (κ1) is 18.0. The summed E-state index contributed by atoms with van der Waals surface area (Å²) < 4.78 is 5.30. The molecule has 0 spiro atoms. The molecule has 7 heteroatoms. The number of carboxylic acid groups (broad SMARTS) is 1. The summed E-state index contributed by atoms with van der Waals surface area (Å²) in [5, 5.41) is 19.8. The van der Waals surface area contributed by atoms with Gasteiger partial charge in [-0.15, -0.1) is 0 Å². The number of carboxylic acids is 1. The Kier molecular flexibility index (Phi) is 4.71. The third kappa shape index (κ3) is 3.29. The zero-order chi connectivity index (χ0) is 19.0. The molecule has 2 heterocycles. The number of phenolic OH excluding ortho intramolecular Hbond substituents is 1. The van der Waals surface area contributed by atoms with Crippen LogP contribution in [-0.2, 0) is 16.0 Å². The Morgan fingerprint density at radius 1 is 1.31 bits per heavy atom. The van der Waals surface area contributed by atoms with Gasteiger partial charge in [-0.3, -0.25) is 9.59 Å². The molecular formula is C19H21NO6. The first-order valence-electron chi connectivity index (χ1n) is 8.54. The van der Waals surface area contributed by atoms with Crippen LogP contribution in [0, 0.1) is 19.8 Å². The second-order valence-corrected chi connectivity index (χ2v) is 6.84. The summed E-state index contributed by atoms with van der Waals surface area (Å²) in [6.07, 6.45) is 0.987. The van der Waals surface area contributed by atoms with Crippen molar-refractivity contribution >= 4 is 22.8 Å². The fraction of sp³-hybridized carbons (Fsp3) is 0.421. The van der Waals surface area contributed by atoms with Gasteiger partial charge in [-0.25, -0.2) is 4.79 Å². The first-order chi connectivity index (χ1) is 12.3. The molecule has 1 amide bonds. The van der Waals surface area contributed by atoms with Gasteiger partial charge in [-0.05, 0) is 49.9 Å². The molecule has 2 N–H and O–H groups in total. The number of aliphatic carboxylic acids is 1. The van der Waals surface area contributed by atoms with E-state index in [-0.39, 0.29) is 35.8 Å². The molecule has 1 aromatic heterocycles. The Hall–Kier alpha value is -2.83. The lowest BCUT2D eigenvalue weighted by Gasteiger charge is -2.30. The highest BCUT2D eigenvalue weighted by Gasteiger charge is 2.29. The predicted octanol–water partition coefficient (Wildman–Crippen LogP) is 1.98.